The predicted octanol–water partition coefficient (Wildman–Crippen LogP) is 6.38. The largest absolute Gasteiger partial charge is 0.334 e. The van der Waals surface area contributed by atoms with E-state index in [1.54, 1.807) is 12.1 Å². The topological polar surface area (TPSA) is 85.7 Å². The fraction of sp³-hybridized carbons (Fsp3) is 0.200. The lowest BCUT2D eigenvalue weighted by Gasteiger charge is -2.23. The van der Waals surface area contributed by atoms with Gasteiger partial charge in [0.05, 0.1) is 34.3 Å². The maximum atomic E-state index is 13.8. The maximum absolute atomic E-state index is 13.8. The van der Waals surface area contributed by atoms with E-state index in [2.05, 4.69) is 28.8 Å². The molecule has 0 spiro atoms. The van der Waals surface area contributed by atoms with Gasteiger partial charge in [-0.3, -0.25) is 4.79 Å². The molecule has 4 aromatic carbocycles. The molecule has 1 heterocycles. The van der Waals surface area contributed by atoms with Crippen molar-refractivity contribution < 1.29 is 4.79 Å². The molecule has 41 heavy (non-hydrogen) atoms. The van der Waals surface area contributed by atoms with Crippen molar-refractivity contribution in [3.8, 4) is 12.1 Å². The summed E-state index contributed by atoms with van der Waals surface area (Å²) in [5.41, 5.74) is 7.05. The number of nitriles is 2. The van der Waals surface area contributed by atoms with Gasteiger partial charge >= 0.3 is 0 Å². The Morgan fingerprint density at radius 3 is 2.07 bits per heavy atom. The molecule has 0 aliphatic heterocycles. The summed E-state index contributed by atoms with van der Waals surface area (Å²) >= 11 is 0. The Bertz CT molecular complexity index is 1720. The summed E-state index contributed by atoms with van der Waals surface area (Å²) < 4.78 is 2.08. The molecule has 0 N–H and O–H groups in total. The van der Waals surface area contributed by atoms with Gasteiger partial charge in [-0.25, -0.2) is 4.98 Å². The van der Waals surface area contributed by atoms with E-state index in [4.69, 9.17) is 15.5 Å². The molecule has 0 fully saturated rings. The standard InChI is InChI=1S/C35H31N5O/c1-39-33-19-18-31(22-32(33)38-34(39)20-17-27-9-11-28(23-36)12-10-27)35(41)40(21-5-8-26-6-3-2-4-7-26)25-30-15-13-29(24-37)14-16-30/h2-4,6-7,9-16,18-19,22H,5,8,17,20-21,25H2,1H3. The first-order chi connectivity index (χ1) is 20.0. The molecular weight excluding hydrogens is 506 g/mol. The second kappa shape index (κ2) is 12.8. The number of rotatable bonds is 10. The first-order valence-corrected chi connectivity index (χ1v) is 13.8. The number of hydrogen-bond donors (Lipinski definition) is 0. The Morgan fingerprint density at radius 1 is 0.780 bits per heavy atom. The molecule has 5 rings (SSSR count). The van der Waals surface area contributed by atoms with Gasteiger partial charge in [-0.05, 0) is 78.4 Å². The minimum atomic E-state index is -0.0332. The third kappa shape index (κ3) is 6.69. The van der Waals surface area contributed by atoms with E-state index in [1.807, 2.05) is 84.7 Å². The van der Waals surface area contributed by atoms with Crippen molar-refractivity contribution in [2.24, 2.45) is 7.05 Å². The number of benzene rings is 4. The van der Waals surface area contributed by atoms with Crippen LogP contribution in [0.5, 0.6) is 0 Å². The summed E-state index contributed by atoms with van der Waals surface area (Å²) in [6.07, 6.45) is 3.30. The normalized spacial score (nSPS) is 10.7. The van der Waals surface area contributed by atoms with Crippen LogP contribution in [0.1, 0.15) is 50.4 Å². The Morgan fingerprint density at radius 2 is 1.41 bits per heavy atom. The van der Waals surface area contributed by atoms with Gasteiger partial charge in [0.15, 0.2) is 0 Å². The molecule has 0 bridgehead atoms. The van der Waals surface area contributed by atoms with Crippen molar-refractivity contribution in [1.82, 2.24) is 14.5 Å². The molecule has 0 saturated heterocycles. The average Bonchev–Trinajstić information content (AvgIpc) is 3.34. The van der Waals surface area contributed by atoms with Crippen LogP contribution in [0, 0.1) is 22.7 Å². The molecule has 6 nitrogen and oxygen atoms in total. The Kier molecular flexibility index (Phi) is 8.52. The number of carbonyl (C=O) groups excluding carboxylic acids is 1. The van der Waals surface area contributed by atoms with Crippen molar-refractivity contribution in [3.05, 3.63) is 136 Å². The molecule has 0 unspecified atom stereocenters. The van der Waals surface area contributed by atoms with E-state index in [0.717, 1.165) is 53.7 Å². The number of amides is 1. The lowest BCUT2D eigenvalue weighted by molar-refractivity contribution is 0.0741. The Labute approximate surface area is 240 Å². The smallest absolute Gasteiger partial charge is 0.254 e. The molecule has 202 valence electrons. The molecule has 0 saturated carbocycles. The summed E-state index contributed by atoms with van der Waals surface area (Å²) in [4.78, 5) is 20.6. The highest BCUT2D eigenvalue weighted by Crippen LogP contribution is 2.21. The van der Waals surface area contributed by atoms with Crippen LogP contribution in [0.3, 0.4) is 0 Å². The van der Waals surface area contributed by atoms with Crippen LogP contribution in [0.15, 0.2) is 97.1 Å². The number of aromatic nitrogens is 2. The van der Waals surface area contributed by atoms with E-state index in [1.165, 1.54) is 5.56 Å². The third-order valence-corrected chi connectivity index (χ3v) is 7.42. The fourth-order valence-electron chi connectivity index (χ4n) is 5.07. The summed E-state index contributed by atoms with van der Waals surface area (Å²) in [7, 11) is 2.01. The molecule has 0 radical (unpaired) electrons. The first-order valence-electron chi connectivity index (χ1n) is 13.8. The second-order valence-electron chi connectivity index (χ2n) is 10.2. The van der Waals surface area contributed by atoms with Crippen LogP contribution in [0.25, 0.3) is 11.0 Å². The zero-order valence-electron chi connectivity index (χ0n) is 23.1. The summed E-state index contributed by atoms with van der Waals surface area (Å²) in [5, 5.41) is 18.2. The lowest BCUT2D eigenvalue weighted by atomic mass is 10.1. The molecule has 5 aromatic rings. The number of carbonyl (C=O) groups is 1. The van der Waals surface area contributed by atoms with Gasteiger partial charge in [-0.15, -0.1) is 0 Å². The van der Waals surface area contributed by atoms with Crippen molar-refractivity contribution >= 4 is 16.9 Å². The van der Waals surface area contributed by atoms with E-state index in [9.17, 15) is 4.79 Å². The average molecular weight is 538 g/mol. The van der Waals surface area contributed by atoms with E-state index < -0.39 is 0 Å². The number of hydrogen-bond acceptors (Lipinski definition) is 4. The minimum Gasteiger partial charge on any atom is -0.334 e. The Hall–Kier alpha value is -5.20. The van der Waals surface area contributed by atoms with Crippen molar-refractivity contribution in [2.45, 2.75) is 32.2 Å². The molecule has 1 amide bonds. The third-order valence-electron chi connectivity index (χ3n) is 7.42. The monoisotopic (exact) mass is 537 g/mol. The second-order valence-corrected chi connectivity index (χ2v) is 10.2. The molecule has 6 heteroatoms. The highest BCUT2D eigenvalue weighted by Gasteiger charge is 2.18. The highest BCUT2D eigenvalue weighted by atomic mass is 16.2. The summed E-state index contributed by atoms with van der Waals surface area (Å²) in [6, 6.07) is 35.4. The number of fused-ring (bicyclic) bond motifs is 1. The molecule has 0 aliphatic carbocycles. The van der Waals surface area contributed by atoms with Gasteiger partial charge in [0, 0.05) is 32.1 Å². The summed E-state index contributed by atoms with van der Waals surface area (Å²) in [5.74, 6) is 0.917. The highest BCUT2D eigenvalue weighted by molar-refractivity contribution is 5.97. The van der Waals surface area contributed by atoms with Crippen LogP contribution < -0.4 is 0 Å². The zero-order valence-corrected chi connectivity index (χ0v) is 23.1. The number of imidazole rings is 1. The van der Waals surface area contributed by atoms with Gasteiger partial charge in [0.25, 0.3) is 5.91 Å². The molecule has 0 atom stereocenters. The summed E-state index contributed by atoms with van der Waals surface area (Å²) in [6.45, 7) is 1.08. The zero-order chi connectivity index (χ0) is 28.6. The molecule has 1 aromatic heterocycles. The van der Waals surface area contributed by atoms with Gasteiger partial charge in [-0.2, -0.15) is 10.5 Å². The quantitative estimate of drug-likeness (QED) is 0.207. The number of aryl methyl sites for hydroxylation is 4. The number of nitrogens with zero attached hydrogens (tertiary/aromatic N) is 5. The van der Waals surface area contributed by atoms with E-state index in [-0.39, 0.29) is 5.91 Å². The van der Waals surface area contributed by atoms with Crippen LogP contribution in [0.4, 0.5) is 0 Å². The van der Waals surface area contributed by atoms with Gasteiger partial charge in [0.2, 0.25) is 0 Å². The van der Waals surface area contributed by atoms with Crippen LogP contribution >= 0.6 is 0 Å². The first kappa shape index (κ1) is 27.4. The van der Waals surface area contributed by atoms with Crippen LogP contribution in [-0.2, 0) is 32.9 Å². The molecule has 0 aliphatic rings. The Balaban J connectivity index is 1.34. The fourth-order valence-corrected chi connectivity index (χ4v) is 5.07. The SMILES string of the molecule is Cn1c(CCc2ccc(C#N)cc2)nc2cc(C(=O)N(CCCc3ccccc3)Cc3ccc(C#N)cc3)ccc21. The van der Waals surface area contributed by atoms with E-state index >= 15 is 0 Å². The molecular formula is C35H31N5O. The van der Waals surface area contributed by atoms with Crippen LogP contribution in [0.2, 0.25) is 0 Å². The van der Waals surface area contributed by atoms with Gasteiger partial charge < -0.3 is 9.47 Å². The van der Waals surface area contributed by atoms with Crippen LogP contribution in [-0.4, -0.2) is 26.9 Å². The van der Waals surface area contributed by atoms with Crippen molar-refractivity contribution in [3.63, 3.8) is 0 Å². The maximum Gasteiger partial charge on any atom is 0.254 e. The van der Waals surface area contributed by atoms with Gasteiger partial charge in [0.1, 0.15) is 5.82 Å². The lowest BCUT2D eigenvalue weighted by Crippen LogP contribution is -2.31. The van der Waals surface area contributed by atoms with Crippen molar-refractivity contribution in [2.75, 3.05) is 6.54 Å². The van der Waals surface area contributed by atoms with E-state index in [0.29, 0.717) is 29.8 Å². The minimum absolute atomic E-state index is 0.0332. The predicted molar refractivity (Wildman–Crippen MR) is 160 cm³/mol. The van der Waals surface area contributed by atoms with Crippen molar-refractivity contribution in [1.29, 1.82) is 10.5 Å². The van der Waals surface area contributed by atoms with Gasteiger partial charge in [-0.1, -0.05) is 54.6 Å².